The fourth-order valence-corrected chi connectivity index (χ4v) is 7.29. The second-order valence-corrected chi connectivity index (χ2v) is 12.3. The van der Waals surface area contributed by atoms with E-state index in [2.05, 4.69) is 55.3 Å². The normalized spacial score (nSPS) is 19.5. The summed E-state index contributed by atoms with van der Waals surface area (Å²) in [4.78, 5) is 20.2. The van der Waals surface area contributed by atoms with Crippen molar-refractivity contribution in [2.24, 2.45) is 0 Å². The van der Waals surface area contributed by atoms with Gasteiger partial charge >= 0.3 is 0 Å². The first kappa shape index (κ1) is 34.8. The third kappa shape index (κ3) is 7.64. The molecular formula is C32H47N11O2S. The van der Waals surface area contributed by atoms with Gasteiger partial charge in [0.2, 0.25) is 17.7 Å². The number of aromatic amines is 1. The van der Waals surface area contributed by atoms with E-state index in [-0.39, 0.29) is 6.04 Å². The van der Waals surface area contributed by atoms with Crippen molar-refractivity contribution in [3.8, 4) is 23.5 Å². The summed E-state index contributed by atoms with van der Waals surface area (Å²) >= 11 is 1.49. The number of nitrogen functional groups attached to an aromatic ring is 1. The molecule has 0 spiro atoms. The van der Waals surface area contributed by atoms with E-state index in [9.17, 15) is 5.26 Å². The van der Waals surface area contributed by atoms with Gasteiger partial charge in [-0.1, -0.05) is 32.9 Å². The number of hydrogen-bond donors (Lipinski definition) is 2. The van der Waals surface area contributed by atoms with Gasteiger partial charge in [-0.15, -0.1) is 16.4 Å². The van der Waals surface area contributed by atoms with Crippen LogP contribution in [0.5, 0.6) is 5.88 Å². The molecule has 1 aliphatic heterocycles. The molecule has 4 aromatic rings. The van der Waals surface area contributed by atoms with Crippen molar-refractivity contribution in [1.82, 2.24) is 40.4 Å². The minimum atomic E-state index is -0.571. The number of thiophene rings is 1. The Hall–Kier alpha value is -4.09. The van der Waals surface area contributed by atoms with E-state index in [1.54, 1.807) is 12.4 Å². The van der Waals surface area contributed by atoms with Gasteiger partial charge in [-0.25, -0.2) is 9.97 Å². The quantitative estimate of drug-likeness (QED) is 0.215. The zero-order chi connectivity index (χ0) is 33.1. The number of unbranched alkanes of at least 4 members (excludes halogenated alkanes) is 1. The van der Waals surface area contributed by atoms with Crippen LogP contribution < -0.4 is 15.4 Å². The average molecular weight is 650 g/mol. The number of fused-ring (bicyclic) bond motifs is 1. The highest BCUT2D eigenvalue weighted by molar-refractivity contribution is 7.16. The van der Waals surface area contributed by atoms with Crippen molar-refractivity contribution in [2.75, 3.05) is 43.4 Å². The molecule has 6 rings (SSSR count). The summed E-state index contributed by atoms with van der Waals surface area (Å²) < 4.78 is 11.4. The zero-order valence-electron chi connectivity index (χ0n) is 27.9. The van der Waals surface area contributed by atoms with Crippen molar-refractivity contribution >= 4 is 22.3 Å². The third-order valence-corrected chi connectivity index (χ3v) is 9.30. The number of aromatic nitrogens is 7. The second-order valence-electron chi connectivity index (χ2n) is 11.2. The fourth-order valence-electron chi connectivity index (χ4n) is 6.10. The van der Waals surface area contributed by atoms with Crippen LogP contribution in [0.3, 0.4) is 0 Å². The summed E-state index contributed by atoms with van der Waals surface area (Å²) in [6.07, 6.45) is 9.03. The molecule has 0 amide bonds. The fraction of sp³-hybridized carbons (Fsp3) is 0.594. The highest BCUT2D eigenvalue weighted by atomic mass is 32.1. The summed E-state index contributed by atoms with van der Waals surface area (Å²) in [5, 5.41) is 24.9. The maximum Gasteiger partial charge on any atom is 0.253 e. The summed E-state index contributed by atoms with van der Waals surface area (Å²) in [6, 6.07) is 4.35. The number of rotatable bonds is 9. The van der Waals surface area contributed by atoms with E-state index in [0.717, 1.165) is 75.1 Å². The molecule has 3 N–H and O–H groups in total. The largest absolute Gasteiger partial charge is 0.475 e. The van der Waals surface area contributed by atoms with Gasteiger partial charge in [0, 0.05) is 35.8 Å². The second kappa shape index (κ2) is 16.5. The highest BCUT2D eigenvalue weighted by Gasteiger charge is 2.43. The number of aryl methyl sites for hydroxylation is 1. The monoisotopic (exact) mass is 649 g/mol. The van der Waals surface area contributed by atoms with Gasteiger partial charge < -0.3 is 24.8 Å². The Morgan fingerprint density at radius 3 is 2.78 bits per heavy atom. The van der Waals surface area contributed by atoms with Crippen molar-refractivity contribution in [3.63, 3.8) is 0 Å². The van der Waals surface area contributed by atoms with Crippen molar-refractivity contribution < 1.29 is 9.26 Å². The molecule has 0 bridgehead atoms. The first-order valence-corrected chi connectivity index (χ1v) is 17.2. The maximum absolute atomic E-state index is 9.81. The summed E-state index contributed by atoms with van der Waals surface area (Å²) in [5.41, 5.74) is 7.70. The number of ether oxygens (including phenoxy) is 1. The van der Waals surface area contributed by atoms with Gasteiger partial charge in [0.15, 0.2) is 0 Å². The Kier molecular flexibility index (Phi) is 12.4. The van der Waals surface area contributed by atoms with E-state index in [1.807, 2.05) is 33.8 Å². The minimum Gasteiger partial charge on any atom is -0.475 e. The number of nitrogens with one attached hydrogen (secondary N) is 1. The van der Waals surface area contributed by atoms with Crippen LogP contribution in [-0.2, 0) is 11.8 Å². The number of H-pyrrole nitrogens is 1. The lowest BCUT2D eigenvalue weighted by Gasteiger charge is -2.30. The Morgan fingerprint density at radius 1 is 1.20 bits per heavy atom. The van der Waals surface area contributed by atoms with E-state index >= 15 is 0 Å². The first-order valence-electron chi connectivity index (χ1n) is 16.4. The lowest BCUT2D eigenvalue weighted by atomic mass is 9.72. The van der Waals surface area contributed by atoms with Crippen molar-refractivity contribution in [2.45, 2.75) is 91.5 Å². The molecule has 14 heteroatoms. The summed E-state index contributed by atoms with van der Waals surface area (Å²) in [6.45, 7) is 16.7. The predicted octanol–water partition coefficient (Wildman–Crippen LogP) is 5.61. The van der Waals surface area contributed by atoms with E-state index in [0.29, 0.717) is 46.4 Å². The number of anilines is 2. The van der Waals surface area contributed by atoms with Gasteiger partial charge in [-0.05, 0) is 71.5 Å². The van der Waals surface area contributed by atoms with E-state index in [4.69, 9.17) is 25.0 Å². The number of nitriles is 1. The molecule has 1 saturated heterocycles. The van der Waals surface area contributed by atoms with Crippen LogP contribution in [0.25, 0.3) is 11.5 Å². The number of hydrogen-bond acceptors (Lipinski definition) is 13. The molecule has 13 nitrogen and oxygen atoms in total. The van der Waals surface area contributed by atoms with Crippen LogP contribution in [0.15, 0.2) is 23.0 Å². The molecule has 0 saturated carbocycles. The van der Waals surface area contributed by atoms with E-state index in [1.165, 1.54) is 11.3 Å². The van der Waals surface area contributed by atoms with Crippen LogP contribution in [0.2, 0.25) is 0 Å². The predicted molar refractivity (Wildman–Crippen MR) is 180 cm³/mol. The zero-order valence-corrected chi connectivity index (χ0v) is 28.7. The molecule has 4 aromatic heterocycles. The molecule has 2 atom stereocenters. The summed E-state index contributed by atoms with van der Waals surface area (Å²) in [7, 11) is 0. The third-order valence-electron chi connectivity index (χ3n) is 8.22. The van der Waals surface area contributed by atoms with Crippen molar-refractivity contribution in [1.29, 1.82) is 5.26 Å². The Bertz CT molecular complexity index is 1550. The molecule has 5 heterocycles. The molecule has 1 fully saturated rings. The molecule has 0 radical (unpaired) electrons. The average Bonchev–Trinajstić information content (AvgIpc) is 3.83. The molecule has 0 unspecified atom stereocenters. The Labute approximate surface area is 275 Å². The number of nitrogens with zero attached hydrogens (tertiary/aromatic N) is 9. The smallest absolute Gasteiger partial charge is 0.253 e. The van der Waals surface area contributed by atoms with Crippen molar-refractivity contribution in [3.05, 3.63) is 40.4 Å². The molecule has 248 valence electrons. The van der Waals surface area contributed by atoms with Crippen LogP contribution in [-0.4, -0.2) is 79.2 Å². The summed E-state index contributed by atoms with van der Waals surface area (Å²) in [5.74, 6) is 2.10. The van der Waals surface area contributed by atoms with Gasteiger partial charge in [0.1, 0.15) is 23.0 Å². The topological polar surface area (TPSA) is 172 Å². The van der Waals surface area contributed by atoms with Crippen LogP contribution in [0.4, 0.5) is 10.9 Å². The van der Waals surface area contributed by atoms with Gasteiger partial charge in [0.25, 0.3) is 5.88 Å². The molecule has 46 heavy (non-hydrogen) atoms. The highest BCUT2D eigenvalue weighted by Crippen LogP contribution is 2.48. The first-order chi connectivity index (χ1) is 22.5. The van der Waals surface area contributed by atoms with Crippen LogP contribution in [0.1, 0.15) is 95.5 Å². The maximum atomic E-state index is 9.81. The van der Waals surface area contributed by atoms with Crippen LogP contribution in [0, 0.1) is 11.3 Å². The lowest BCUT2D eigenvalue weighted by molar-refractivity contribution is 0.248. The molecule has 1 aliphatic carbocycles. The lowest BCUT2D eigenvalue weighted by Crippen LogP contribution is -2.40. The van der Waals surface area contributed by atoms with Gasteiger partial charge in [-0.3, -0.25) is 0 Å². The Balaban J connectivity index is 0.00000116. The van der Waals surface area contributed by atoms with Gasteiger partial charge in [0.05, 0.1) is 17.6 Å². The Morgan fingerprint density at radius 2 is 2.02 bits per heavy atom. The minimum absolute atomic E-state index is 0.239. The van der Waals surface area contributed by atoms with E-state index < -0.39 is 5.41 Å². The molecule has 2 aliphatic rings. The molecular weight excluding hydrogens is 602 g/mol. The van der Waals surface area contributed by atoms with Crippen LogP contribution >= 0.6 is 11.3 Å². The standard InChI is InChI=1S/C28H35N11O2S.2C2H6/c1-18-17-38(11-3-4-14-40-22-16-32-37-35-22)12-6-13-39(18)27-31-10-8-20(33-27)25-34-26(41-36-25)28(2)9-5-7-21-23(28)19(15-29)24(30)42-21;2*1-2/h8,10,16,18H,3-7,9,11-14,17,30H2,1-2H3,(H,32,35,37);2*1-2H3/t18-,28-;;/m0../s1. The molecule has 0 aromatic carbocycles. The van der Waals surface area contributed by atoms with Gasteiger partial charge in [-0.2, -0.15) is 20.6 Å². The SMILES string of the molecule is CC.CC.C[C@H]1CN(CCCCOc2cn[nH]n2)CCCN1c1nccc(-c2noc([C@@]3(C)CCCc4sc(N)c(C#N)c43)n2)n1. The number of nitrogens with two attached hydrogens (primary N) is 1.